The van der Waals surface area contributed by atoms with Crippen LogP contribution in [0.15, 0.2) is 66.7 Å². The van der Waals surface area contributed by atoms with Crippen molar-refractivity contribution in [2.75, 3.05) is 0 Å². The predicted octanol–water partition coefficient (Wildman–Crippen LogP) is 9.18. The minimum absolute atomic E-state index is 0.0206. The van der Waals surface area contributed by atoms with Crippen molar-refractivity contribution in [2.24, 2.45) is 0 Å². The van der Waals surface area contributed by atoms with Crippen LogP contribution in [0.5, 0.6) is 0 Å². The summed E-state index contributed by atoms with van der Waals surface area (Å²) >= 11 is 0. The van der Waals surface area contributed by atoms with E-state index >= 15 is 8.78 Å². The molecule has 0 bridgehead atoms. The number of alkyl halides is 3. The Balaban J connectivity index is 1.99. The van der Waals surface area contributed by atoms with E-state index in [-0.39, 0.29) is 27.1 Å². The number of hydrogen-bond donors (Lipinski definition) is 0. The molecule has 36 heavy (non-hydrogen) atoms. The SMILES string of the molecule is Fc1ccc(-c2c3ccccc3c(-c3c(F)c(F)c(C(F)(F)F)c(F)c3F)c3ccccc23)cc1F. The molecule has 0 fully saturated rings. The highest BCUT2D eigenvalue weighted by Crippen LogP contribution is 2.47. The molecule has 0 saturated heterocycles. The number of fused-ring (bicyclic) bond motifs is 2. The zero-order chi connectivity index (χ0) is 25.9. The molecule has 0 atom stereocenters. The van der Waals surface area contributed by atoms with Crippen LogP contribution in [0.1, 0.15) is 5.56 Å². The van der Waals surface area contributed by atoms with Crippen molar-refractivity contribution in [3.8, 4) is 22.3 Å². The van der Waals surface area contributed by atoms with Gasteiger partial charge < -0.3 is 0 Å². The third-order valence-electron chi connectivity index (χ3n) is 5.94. The maximum Gasteiger partial charge on any atom is 0.422 e. The van der Waals surface area contributed by atoms with Gasteiger partial charge in [0.25, 0.3) is 0 Å². The summed E-state index contributed by atoms with van der Waals surface area (Å²) in [6.07, 6.45) is -5.69. The van der Waals surface area contributed by atoms with E-state index in [2.05, 4.69) is 0 Å². The van der Waals surface area contributed by atoms with Crippen LogP contribution in [0.4, 0.5) is 39.5 Å². The van der Waals surface area contributed by atoms with Crippen LogP contribution in [0, 0.1) is 34.9 Å². The molecule has 0 N–H and O–H groups in total. The molecule has 5 aromatic rings. The van der Waals surface area contributed by atoms with Gasteiger partial charge in [-0.15, -0.1) is 0 Å². The molecule has 0 unspecified atom stereocenters. The molecule has 182 valence electrons. The zero-order valence-electron chi connectivity index (χ0n) is 17.8. The van der Waals surface area contributed by atoms with E-state index in [9.17, 15) is 30.7 Å². The van der Waals surface area contributed by atoms with E-state index in [1.165, 1.54) is 54.6 Å². The van der Waals surface area contributed by atoms with E-state index < -0.39 is 57.8 Å². The Morgan fingerprint density at radius 3 is 1.31 bits per heavy atom. The van der Waals surface area contributed by atoms with E-state index in [4.69, 9.17) is 0 Å². The molecule has 9 heteroatoms. The van der Waals surface area contributed by atoms with Gasteiger partial charge in [0.05, 0.1) is 5.56 Å². The highest BCUT2D eigenvalue weighted by molar-refractivity contribution is 6.21. The molecule has 5 rings (SSSR count). The van der Waals surface area contributed by atoms with Crippen molar-refractivity contribution in [3.05, 3.63) is 107 Å². The Morgan fingerprint density at radius 2 is 0.889 bits per heavy atom. The maximum absolute atomic E-state index is 15.1. The van der Waals surface area contributed by atoms with Crippen molar-refractivity contribution in [1.82, 2.24) is 0 Å². The minimum atomic E-state index is -5.69. The van der Waals surface area contributed by atoms with Gasteiger partial charge >= 0.3 is 6.18 Å². The summed E-state index contributed by atoms with van der Waals surface area (Å²) < 4.78 is 126. The first-order chi connectivity index (χ1) is 17.0. The van der Waals surface area contributed by atoms with Gasteiger partial charge in [0.2, 0.25) is 0 Å². The van der Waals surface area contributed by atoms with Crippen molar-refractivity contribution >= 4 is 21.5 Å². The normalized spacial score (nSPS) is 12.0. The first-order valence-corrected chi connectivity index (χ1v) is 10.3. The third-order valence-corrected chi connectivity index (χ3v) is 5.94. The van der Waals surface area contributed by atoms with Crippen molar-refractivity contribution in [2.45, 2.75) is 6.18 Å². The monoisotopic (exact) mass is 506 g/mol. The van der Waals surface area contributed by atoms with Crippen molar-refractivity contribution in [3.63, 3.8) is 0 Å². The van der Waals surface area contributed by atoms with Crippen molar-refractivity contribution in [1.29, 1.82) is 0 Å². The Kier molecular flexibility index (Phi) is 5.46. The third kappa shape index (κ3) is 3.49. The molecular formula is C27H11F9. The second-order valence-corrected chi connectivity index (χ2v) is 7.97. The van der Waals surface area contributed by atoms with Gasteiger partial charge in [0, 0.05) is 5.56 Å². The fraction of sp³-hybridized carbons (Fsp3) is 0.0370. The van der Waals surface area contributed by atoms with Gasteiger partial charge in [0.1, 0.15) is 5.56 Å². The van der Waals surface area contributed by atoms with Gasteiger partial charge in [-0.05, 0) is 44.8 Å². The fourth-order valence-electron chi connectivity index (χ4n) is 4.46. The molecule has 0 aliphatic rings. The van der Waals surface area contributed by atoms with Gasteiger partial charge in [-0.3, -0.25) is 0 Å². The first-order valence-electron chi connectivity index (χ1n) is 10.3. The number of benzene rings is 5. The Labute approximate surface area is 197 Å². The standard InChI is InChI=1S/C27H11F9/c28-17-10-9-12(11-18(17)29)19-13-5-1-3-7-15(13)20(16-8-4-2-6-14(16)19)21-23(30)25(32)22(27(34,35)36)26(33)24(21)31/h1-11H. The lowest BCUT2D eigenvalue weighted by Gasteiger charge is -2.20. The van der Waals surface area contributed by atoms with Gasteiger partial charge in [-0.25, -0.2) is 26.3 Å². The topological polar surface area (TPSA) is 0 Å². The summed E-state index contributed by atoms with van der Waals surface area (Å²) in [5.41, 5.74) is -3.87. The second-order valence-electron chi connectivity index (χ2n) is 7.97. The summed E-state index contributed by atoms with van der Waals surface area (Å²) in [7, 11) is 0. The van der Waals surface area contributed by atoms with Crippen LogP contribution in [0.3, 0.4) is 0 Å². The van der Waals surface area contributed by atoms with Crippen LogP contribution in [-0.2, 0) is 6.18 Å². The second kappa shape index (κ2) is 8.29. The quantitative estimate of drug-likeness (QED) is 0.127. The highest BCUT2D eigenvalue weighted by Gasteiger charge is 2.42. The average Bonchev–Trinajstić information content (AvgIpc) is 2.83. The highest BCUT2D eigenvalue weighted by atomic mass is 19.4. The predicted molar refractivity (Wildman–Crippen MR) is 117 cm³/mol. The van der Waals surface area contributed by atoms with E-state index in [1.54, 1.807) is 0 Å². The molecule has 0 aliphatic heterocycles. The molecule has 0 aromatic heterocycles. The van der Waals surface area contributed by atoms with Crippen LogP contribution in [0.2, 0.25) is 0 Å². The lowest BCUT2D eigenvalue weighted by molar-refractivity contribution is -0.143. The van der Waals surface area contributed by atoms with Crippen LogP contribution in [-0.4, -0.2) is 0 Å². The average molecular weight is 506 g/mol. The Morgan fingerprint density at radius 1 is 0.444 bits per heavy atom. The largest absolute Gasteiger partial charge is 0.422 e. The zero-order valence-corrected chi connectivity index (χ0v) is 17.8. The smallest absolute Gasteiger partial charge is 0.204 e. The van der Waals surface area contributed by atoms with Gasteiger partial charge in [-0.1, -0.05) is 54.6 Å². The van der Waals surface area contributed by atoms with Crippen LogP contribution >= 0.6 is 0 Å². The molecule has 0 saturated carbocycles. The lowest BCUT2D eigenvalue weighted by Crippen LogP contribution is -2.16. The van der Waals surface area contributed by atoms with Crippen molar-refractivity contribution < 1.29 is 39.5 Å². The van der Waals surface area contributed by atoms with E-state index in [1.807, 2.05) is 0 Å². The minimum Gasteiger partial charge on any atom is -0.204 e. The molecule has 0 heterocycles. The Bertz CT molecular complexity index is 1600. The molecule has 0 radical (unpaired) electrons. The number of rotatable bonds is 2. The molecule has 5 aromatic carbocycles. The van der Waals surface area contributed by atoms with E-state index in [0.717, 1.165) is 12.1 Å². The molecule has 0 spiro atoms. The summed E-state index contributed by atoms with van der Waals surface area (Å²) in [5, 5.41) is 0.507. The Hall–Kier alpha value is -4.01. The van der Waals surface area contributed by atoms with Crippen LogP contribution < -0.4 is 0 Å². The lowest BCUT2D eigenvalue weighted by atomic mass is 9.85. The summed E-state index contributed by atoms with van der Waals surface area (Å²) in [5.74, 6) is -11.8. The molecular weight excluding hydrogens is 495 g/mol. The van der Waals surface area contributed by atoms with Gasteiger partial charge in [0.15, 0.2) is 34.9 Å². The van der Waals surface area contributed by atoms with Crippen LogP contribution in [0.25, 0.3) is 43.8 Å². The first kappa shape index (κ1) is 23.7. The summed E-state index contributed by atoms with van der Waals surface area (Å²) in [6, 6.07) is 14.7. The summed E-state index contributed by atoms with van der Waals surface area (Å²) in [6.45, 7) is 0. The number of halogens is 9. The molecule has 0 aliphatic carbocycles. The summed E-state index contributed by atoms with van der Waals surface area (Å²) in [4.78, 5) is 0. The van der Waals surface area contributed by atoms with E-state index in [0.29, 0.717) is 5.56 Å². The number of hydrogen-bond acceptors (Lipinski definition) is 0. The molecule has 0 amide bonds. The van der Waals surface area contributed by atoms with Gasteiger partial charge in [-0.2, -0.15) is 13.2 Å². The fourth-order valence-corrected chi connectivity index (χ4v) is 4.46. The molecule has 0 nitrogen and oxygen atoms in total. The maximum atomic E-state index is 15.1.